The van der Waals surface area contributed by atoms with E-state index >= 15 is 0 Å². The van der Waals surface area contributed by atoms with Crippen molar-refractivity contribution in [2.24, 2.45) is 17.6 Å². The number of fused-ring (bicyclic) bond motifs is 3. The van der Waals surface area contributed by atoms with E-state index in [0.29, 0.717) is 17.1 Å². The van der Waals surface area contributed by atoms with Crippen LogP contribution in [-0.4, -0.2) is 74.9 Å². The van der Waals surface area contributed by atoms with Crippen LogP contribution in [0.1, 0.15) is 49.6 Å². The van der Waals surface area contributed by atoms with E-state index < -0.39 is 45.9 Å². The van der Waals surface area contributed by atoms with Gasteiger partial charge in [-0.3, -0.25) is 0 Å². The van der Waals surface area contributed by atoms with Gasteiger partial charge in [0.1, 0.15) is 0 Å². The number of benzene rings is 1. The van der Waals surface area contributed by atoms with Crippen LogP contribution in [0.3, 0.4) is 0 Å². The van der Waals surface area contributed by atoms with Gasteiger partial charge in [0.2, 0.25) is 0 Å². The summed E-state index contributed by atoms with van der Waals surface area (Å²) in [6.45, 7) is 3.78. The molecule has 6 N–H and O–H groups in total. The van der Waals surface area contributed by atoms with Crippen LogP contribution in [0, 0.1) is 11.8 Å². The Hall–Kier alpha value is -3.93. The van der Waals surface area contributed by atoms with Crippen LogP contribution >= 0.6 is 0 Å². The van der Waals surface area contributed by atoms with Crippen molar-refractivity contribution in [1.82, 2.24) is 10.1 Å². The van der Waals surface area contributed by atoms with E-state index in [4.69, 9.17) is 17.7 Å². The van der Waals surface area contributed by atoms with Gasteiger partial charge in [-0.05, 0) is 0 Å². The number of aliphatic hydroxyl groups excluding tert-OH is 2. The average molecular weight is 519 g/mol. The molecule has 1 fully saturated rings. The van der Waals surface area contributed by atoms with Gasteiger partial charge in [0.25, 0.3) is 0 Å². The van der Waals surface area contributed by atoms with Crippen molar-refractivity contribution in [3.05, 3.63) is 39.9 Å². The first-order chi connectivity index (χ1) is 17.8. The Balaban J connectivity index is 1.71. The van der Waals surface area contributed by atoms with Crippen LogP contribution in [0.5, 0.6) is 5.75 Å². The number of phenols is 1. The standard InChI is InChI=1S/C26H28BN4O7/c1-9(2)24-29-25(38-30-24)13-8-14(31(3)4)12-6-10-5-11-7-15(32)18(23(28)36)21(27)26(11,37)22(35)16(10)20(34)17(12)19(13)33/h8-11,32-34,37H,5-7H2,1-4H3,(H2,28,36)/t10-,11+,26-/m1/s1. The number of Topliss-reactive ketones (excluding diaryl/α,β-unsaturated/α-hetero) is 1. The molecule has 0 aliphatic heterocycles. The molecule has 1 heterocycles. The third-order valence-corrected chi connectivity index (χ3v) is 7.81. The Labute approximate surface area is 219 Å². The number of carbonyl (C=O) groups is 2. The molecular formula is C26H28BN4O7. The second-order valence-electron chi connectivity index (χ2n) is 10.6. The van der Waals surface area contributed by atoms with E-state index in [1.54, 1.807) is 25.1 Å². The quantitative estimate of drug-likeness (QED) is 0.371. The molecule has 1 amide bonds. The summed E-state index contributed by atoms with van der Waals surface area (Å²) in [5.41, 5.74) is 3.27. The molecule has 3 aliphatic rings. The fourth-order valence-corrected chi connectivity index (χ4v) is 5.91. The number of nitrogens with zero attached hydrogens (tertiary/aromatic N) is 3. The van der Waals surface area contributed by atoms with E-state index in [9.17, 15) is 30.0 Å². The van der Waals surface area contributed by atoms with Gasteiger partial charge in [-0.25, -0.2) is 0 Å². The van der Waals surface area contributed by atoms with E-state index in [1.165, 1.54) is 0 Å². The van der Waals surface area contributed by atoms with Crippen molar-refractivity contribution < 1.29 is 34.5 Å². The Morgan fingerprint density at radius 2 is 1.95 bits per heavy atom. The zero-order valence-electron chi connectivity index (χ0n) is 21.4. The summed E-state index contributed by atoms with van der Waals surface area (Å²) >= 11 is 0. The molecule has 11 nitrogen and oxygen atoms in total. The molecule has 0 unspecified atom stereocenters. The van der Waals surface area contributed by atoms with Gasteiger partial charge >= 0.3 is 205 Å². The van der Waals surface area contributed by atoms with Crippen molar-refractivity contribution in [3.8, 4) is 17.2 Å². The number of ketones is 1. The molecule has 0 saturated heterocycles. The normalized spacial score (nSPS) is 24.9. The van der Waals surface area contributed by atoms with E-state index in [1.807, 2.05) is 13.8 Å². The second-order valence-corrected chi connectivity index (χ2v) is 10.6. The number of carbonyl (C=O) groups excluding carboxylic acids is 2. The number of phenolic OH excluding ortho intramolecular Hbond substituents is 1. The molecule has 3 aliphatic carbocycles. The second kappa shape index (κ2) is 8.55. The molecule has 1 radical (unpaired) electrons. The number of amides is 1. The third kappa shape index (κ3) is 3.43. The first kappa shape index (κ1) is 25.7. The Bertz CT molecular complexity index is 1490. The summed E-state index contributed by atoms with van der Waals surface area (Å²) in [6.07, 6.45) is 0.246. The zero-order valence-corrected chi connectivity index (χ0v) is 21.4. The first-order valence-corrected chi connectivity index (χ1v) is 12.2. The Kier molecular flexibility index (Phi) is 5.79. The van der Waals surface area contributed by atoms with Crippen LogP contribution in [0.25, 0.3) is 17.2 Å². The molecule has 1 saturated carbocycles. The van der Waals surface area contributed by atoms with Crippen LogP contribution in [-0.2, 0) is 16.0 Å². The first-order valence-electron chi connectivity index (χ1n) is 12.2. The van der Waals surface area contributed by atoms with Crippen LogP contribution < -0.4 is 10.6 Å². The van der Waals surface area contributed by atoms with Gasteiger partial charge in [0.05, 0.1) is 0 Å². The maximum absolute atomic E-state index is 13.8. The summed E-state index contributed by atoms with van der Waals surface area (Å²) in [7, 11) is 9.67. The monoisotopic (exact) mass is 519 g/mol. The zero-order chi connectivity index (χ0) is 27.8. The van der Waals surface area contributed by atoms with E-state index in [-0.39, 0.29) is 59.3 Å². The van der Waals surface area contributed by atoms with Crippen molar-refractivity contribution in [2.75, 3.05) is 19.0 Å². The predicted octanol–water partition coefficient (Wildman–Crippen LogP) is 1.44. The summed E-state index contributed by atoms with van der Waals surface area (Å²) < 4.78 is 5.39. The number of aromatic hydroxyl groups is 1. The third-order valence-electron chi connectivity index (χ3n) is 7.81. The van der Waals surface area contributed by atoms with Crippen molar-refractivity contribution in [3.63, 3.8) is 0 Å². The van der Waals surface area contributed by atoms with Gasteiger partial charge in [-0.1, -0.05) is 13.8 Å². The fraction of sp³-hybridized carbons (Fsp3) is 0.423. The van der Waals surface area contributed by atoms with Crippen molar-refractivity contribution in [1.29, 1.82) is 0 Å². The number of anilines is 1. The van der Waals surface area contributed by atoms with Gasteiger partial charge in [0.15, 0.2) is 0 Å². The topological polar surface area (TPSA) is 183 Å². The number of hydrogen-bond acceptors (Lipinski definition) is 10. The molecule has 2 aromatic rings. The fourth-order valence-electron chi connectivity index (χ4n) is 5.91. The molecule has 5 rings (SSSR count). The molecule has 12 heteroatoms. The summed E-state index contributed by atoms with van der Waals surface area (Å²) in [4.78, 5) is 31.9. The molecule has 3 atom stereocenters. The SMILES string of the molecule is [B]=C1C(C(N)=O)=C(O)C[C@@H]2C[C@@H]3Cc4c(N(C)C)cc(-c5nc(C(C)C)no5)c(O)c4C(O)=C3C(=O)[C@]12O. The van der Waals surface area contributed by atoms with Crippen LogP contribution in [0.2, 0.25) is 0 Å². The Morgan fingerprint density at radius 3 is 2.53 bits per heavy atom. The maximum atomic E-state index is 13.8. The summed E-state index contributed by atoms with van der Waals surface area (Å²) in [6, 6.07) is 1.69. The molecule has 1 aromatic carbocycles. The van der Waals surface area contributed by atoms with Gasteiger partial charge in [0, 0.05) is 0 Å². The number of aliphatic hydroxyl groups is 3. The van der Waals surface area contributed by atoms with Crippen molar-refractivity contribution >= 4 is 36.1 Å². The molecular weight excluding hydrogens is 491 g/mol. The van der Waals surface area contributed by atoms with Crippen LogP contribution in [0.15, 0.2) is 27.5 Å². The number of allylic oxidation sites excluding steroid dienone is 1. The summed E-state index contributed by atoms with van der Waals surface area (Å²) in [5.74, 6) is -4.16. The molecule has 38 heavy (non-hydrogen) atoms. The number of primary amides is 1. The molecule has 1 aromatic heterocycles. The minimum atomic E-state index is -2.36. The van der Waals surface area contributed by atoms with E-state index in [2.05, 4.69) is 10.1 Å². The Morgan fingerprint density at radius 1 is 1.26 bits per heavy atom. The van der Waals surface area contributed by atoms with Crippen molar-refractivity contribution in [2.45, 2.75) is 44.6 Å². The molecule has 0 bridgehead atoms. The summed E-state index contributed by atoms with van der Waals surface area (Å²) in [5, 5.41) is 48.8. The van der Waals surface area contributed by atoms with Gasteiger partial charge in [-0.15, -0.1) is 0 Å². The number of nitrogens with two attached hydrogens (primary N) is 1. The van der Waals surface area contributed by atoms with Gasteiger partial charge < -0.3 is 0 Å². The van der Waals surface area contributed by atoms with Gasteiger partial charge in [-0.2, -0.15) is 0 Å². The average Bonchev–Trinajstić information content (AvgIpc) is 3.31. The van der Waals surface area contributed by atoms with Crippen LogP contribution in [0.4, 0.5) is 5.69 Å². The minimum absolute atomic E-state index is 0.0139. The van der Waals surface area contributed by atoms with E-state index in [0.717, 1.165) is 0 Å². The number of hydrogen-bond donors (Lipinski definition) is 5. The number of rotatable bonds is 4. The molecule has 0 spiro atoms. The predicted molar refractivity (Wildman–Crippen MR) is 139 cm³/mol. The molecule has 197 valence electrons. The number of aromatic nitrogens is 2.